The van der Waals surface area contributed by atoms with Crippen molar-refractivity contribution in [2.24, 2.45) is 5.92 Å². The molecule has 0 aliphatic heterocycles. The van der Waals surface area contributed by atoms with Crippen molar-refractivity contribution in [3.8, 4) is 11.8 Å². The summed E-state index contributed by atoms with van der Waals surface area (Å²) in [6, 6.07) is 8.91. The summed E-state index contributed by atoms with van der Waals surface area (Å²) in [5.74, 6) is 1.33. The first-order chi connectivity index (χ1) is 9.11. The lowest BCUT2D eigenvalue weighted by atomic mass is 10.1. The number of hydrogen-bond acceptors (Lipinski definition) is 4. The molecular formula is C15H22N2O2. The molecule has 0 aliphatic carbocycles. The maximum atomic E-state index is 9.74. The number of nitrogens with zero attached hydrogens (tertiary/aromatic N) is 1. The van der Waals surface area contributed by atoms with Gasteiger partial charge in [-0.3, -0.25) is 0 Å². The molecule has 1 rings (SSSR count). The Labute approximate surface area is 115 Å². The zero-order chi connectivity index (χ0) is 14.1. The Hall–Kier alpha value is -1.57. The third-order valence-corrected chi connectivity index (χ3v) is 2.70. The predicted molar refractivity (Wildman–Crippen MR) is 75.0 cm³/mol. The molecule has 4 heteroatoms. The van der Waals surface area contributed by atoms with E-state index in [2.05, 4.69) is 19.2 Å². The smallest absolute Gasteiger partial charge is 0.119 e. The van der Waals surface area contributed by atoms with Gasteiger partial charge in [0.25, 0.3) is 0 Å². The van der Waals surface area contributed by atoms with Crippen LogP contribution in [-0.2, 0) is 0 Å². The minimum Gasteiger partial charge on any atom is -0.491 e. The minimum absolute atomic E-state index is 0.251. The second-order valence-electron chi connectivity index (χ2n) is 4.99. The average molecular weight is 262 g/mol. The summed E-state index contributed by atoms with van der Waals surface area (Å²) in [4.78, 5) is 0. The molecule has 0 fully saturated rings. The van der Waals surface area contributed by atoms with E-state index in [4.69, 9.17) is 10.00 Å². The van der Waals surface area contributed by atoms with Crippen molar-refractivity contribution in [3.05, 3.63) is 29.8 Å². The van der Waals surface area contributed by atoms with E-state index in [0.29, 0.717) is 23.8 Å². The minimum atomic E-state index is -0.525. The van der Waals surface area contributed by atoms with Gasteiger partial charge >= 0.3 is 0 Å². The van der Waals surface area contributed by atoms with Crippen molar-refractivity contribution in [2.75, 3.05) is 19.7 Å². The van der Waals surface area contributed by atoms with Gasteiger partial charge in [-0.15, -0.1) is 0 Å². The van der Waals surface area contributed by atoms with Crippen molar-refractivity contribution in [2.45, 2.75) is 26.4 Å². The zero-order valence-electron chi connectivity index (χ0n) is 11.6. The fraction of sp³-hybridized carbons (Fsp3) is 0.533. The first-order valence-corrected chi connectivity index (χ1v) is 6.63. The molecule has 104 valence electrons. The third kappa shape index (κ3) is 6.80. The van der Waals surface area contributed by atoms with Crippen LogP contribution in [0.4, 0.5) is 0 Å². The number of nitriles is 1. The molecule has 0 aliphatic rings. The number of ether oxygens (including phenoxy) is 1. The highest BCUT2D eigenvalue weighted by Crippen LogP contribution is 2.11. The van der Waals surface area contributed by atoms with Crippen LogP contribution in [0.5, 0.6) is 5.75 Å². The summed E-state index contributed by atoms with van der Waals surface area (Å²) in [7, 11) is 0. The summed E-state index contributed by atoms with van der Waals surface area (Å²) >= 11 is 0. The van der Waals surface area contributed by atoms with Crippen molar-refractivity contribution < 1.29 is 9.84 Å². The molecule has 1 unspecified atom stereocenters. The molecule has 0 amide bonds. The molecule has 1 atom stereocenters. The Morgan fingerprint density at radius 3 is 2.58 bits per heavy atom. The monoisotopic (exact) mass is 262 g/mol. The van der Waals surface area contributed by atoms with Gasteiger partial charge in [-0.1, -0.05) is 13.8 Å². The van der Waals surface area contributed by atoms with Crippen LogP contribution in [0.1, 0.15) is 25.8 Å². The van der Waals surface area contributed by atoms with E-state index in [-0.39, 0.29) is 6.61 Å². The number of aliphatic hydroxyl groups excluding tert-OH is 1. The van der Waals surface area contributed by atoms with Crippen molar-refractivity contribution in [1.29, 1.82) is 5.26 Å². The highest BCUT2D eigenvalue weighted by Gasteiger charge is 2.05. The molecule has 0 saturated heterocycles. The molecule has 2 N–H and O–H groups in total. The van der Waals surface area contributed by atoms with E-state index in [1.807, 2.05) is 6.07 Å². The molecule has 0 saturated carbocycles. The highest BCUT2D eigenvalue weighted by molar-refractivity contribution is 5.34. The van der Waals surface area contributed by atoms with E-state index in [1.165, 1.54) is 0 Å². The van der Waals surface area contributed by atoms with Gasteiger partial charge in [-0.05, 0) is 43.1 Å². The Morgan fingerprint density at radius 2 is 2.00 bits per heavy atom. The maximum Gasteiger partial charge on any atom is 0.119 e. The molecule has 0 bridgehead atoms. The van der Waals surface area contributed by atoms with Crippen molar-refractivity contribution >= 4 is 0 Å². The van der Waals surface area contributed by atoms with Gasteiger partial charge in [0.2, 0.25) is 0 Å². The summed E-state index contributed by atoms with van der Waals surface area (Å²) in [6.45, 7) is 6.04. The quantitative estimate of drug-likeness (QED) is 0.703. The Bertz CT molecular complexity index is 396. The van der Waals surface area contributed by atoms with Crippen LogP contribution < -0.4 is 10.1 Å². The summed E-state index contributed by atoms with van der Waals surface area (Å²) < 4.78 is 5.45. The van der Waals surface area contributed by atoms with E-state index in [9.17, 15) is 5.11 Å². The van der Waals surface area contributed by atoms with Gasteiger partial charge in [-0.2, -0.15) is 5.26 Å². The van der Waals surface area contributed by atoms with Crippen LogP contribution >= 0.6 is 0 Å². The molecular weight excluding hydrogens is 240 g/mol. The first-order valence-electron chi connectivity index (χ1n) is 6.63. The molecule has 0 heterocycles. The second kappa shape index (κ2) is 8.52. The lowest BCUT2D eigenvalue weighted by Gasteiger charge is -2.13. The van der Waals surface area contributed by atoms with E-state index in [0.717, 1.165) is 13.0 Å². The van der Waals surface area contributed by atoms with Gasteiger partial charge in [-0.25, -0.2) is 0 Å². The fourth-order valence-electron chi connectivity index (χ4n) is 1.54. The largest absolute Gasteiger partial charge is 0.491 e. The number of aliphatic hydroxyl groups is 1. The lowest BCUT2D eigenvalue weighted by molar-refractivity contribution is 0.106. The topological polar surface area (TPSA) is 65.3 Å². The van der Waals surface area contributed by atoms with Crippen LogP contribution in [0.3, 0.4) is 0 Å². The zero-order valence-corrected chi connectivity index (χ0v) is 11.6. The lowest BCUT2D eigenvalue weighted by Crippen LogP contribution is -2.32. The molecule has 4 nitrogen and oxygen atoms in total. The van der Waals surface area contributed by atoms with E-state index >= 15 is 0 Å². The van der Waals surface area contributed by atoms with Gasteiger partial charge < -0.3 is 15.2 Å². The number of rotatable bonds is 8. The van der Waals surface area contributed by atoms with E-state index in [1.54, 1.807) is 24.3 Å². The molecule has 1 aromatic rings. The summed E-state index contributed by atoms with van der Waals surface area (Å²) in [5.41, 5.74) is 0.600. The number of benzene rings is 1. The Balaban J connectivity index is 2.18. The van der Waals surface area contributed by atoms with Gasteiger partial charge in [0, 0.05) is 6.54 Å². The van der Waals surface area contributed by atoms with Crippen molar-refractivity contribution in [1.82, 2.24) is 5.32 Å². The van der Waals surface area contributed by atoms with Crippen LogP contribution in [0.2, 0.25) is 0 Å². The van der Waals surface area contributed by atoms with Gasteiger partial charge in [0.05, 0.1) is 11.6 Å². The summed E-state index contributed by atoms with van der Waals surface area (Å²) in [6.07, 6.45) is 0.575. The first kappa shape index (κ1) is 15.5. The molecule has 19 heavy (non-hydrogen) atoms. The van der Waals surface area contributed by atoms with E-state index < -0.39 is 6.10 Å². The number of hydrogen-bond donors (Lipinski definition) is 2. The SMILES string of the molecule is CC(C)CCNCC(O)COc1ccc(C#N)cc1. The van der Waals surface area contributed by atoms with Crippen LogP contribution in [0, 0.1) is 17.2 Å². The average Bonchev–Trinajstić information content (AvgIpc) is 2.41. The Kier molecular flexibility index (Phi) is 6.94. The highest BCUT2D eigenvalue weighted by atomic mass is 16.5. The van der Waals surface area contributed by atoms with Crippen LogP contribution in [-0.4, -0.2) is 30.9 Å². The van der Waals surface area contributed by atoms with Crippen molar-refractivity contribution in [3.63, 3.8) is 0 Å². The normalized spacial score (nSPS) is 12.2. The molecule has 1 aromatic carbocycles. The Morgan fingerprint density at radius 1 is 1.32 bits per heavy atom. The van der Waals surface area contributed by atoms with Crippen LogP contribution in [0.25, 0.3) is 0 Å². The van der Waals surface area contributed by atoms with Crippen LogP contribution in [0.15, 0.2) is 24.3 Å². The van der Waals surface area contributed by atoms with Gasteiger partial charge in [0.15, 0.2) is 0 Å². The molecule has 0 radical (unpaired) electrons. The molecule has 0 aromatic heterocycles. The molecule has 0 spiro atoms. The second-order valence-corrected chi connectivity index (χ2v) is 4.99. The third-order valence-electron chi connectivity index (χ3n) is 2.70. The fourth-order valence-corrected chi connectivity index (χ4v) is 1.54. The summed E-state index contributed by atoms with van der Waals surface area (Å²) in [5, 5.41) is 21.6. The number of nitrogens with one attached hydrogen (secondary N) is 1. The standard InChI is InChI=1S/C15H22N2O2/c1-12(2)7-8-17-10-14(18)11-19-15-5-3-13(9-16)4-6-15/h3-6,12,14,17-18H,7-8,10-11H2,1-2H3. The predicted octanol–water partition coefficient (Wildman–Crippen LogP) is 1.93. The maximum absolute atomic E-state index is 9.74. The van der Waals surface area contributed by atoms with Gasteiger partial charge in [0.1, 0.15) is 18.5 Å².